The minimum absolute atomic E-state index is 0.261. The lowest BCUT2D eigenvalue weighted by Crippen LogP contribution is -2.13. The van der Waals surface area contributed by atoms with E-state index in [0.717, 1.165) is 9.35 Å². The molecule has 1 aromatic carbocycles. The van der Waals surface area contributed by atoms with Crippen LogP contribution < -0.4 is 4.74 Å². The fourth-order valence-corrected chi connectivity index (χ4v) is 2.80. The summed E-state index contributed by atoms with van der Waals surface area (Å²) in [4.78, 5) is 17.3. The number of halogens is 2. The molecule has 0 radical (unpaired) electrons. The maximum absolute atomic E-state index is 11.6. The Hall–Kier alpha value is -1.37. The van der Waals surface area contributed by atoms with Crippen LogP contribution in [0.4, 0.5) is 0 Å². The fraction of sp³-hybridized carbons (Fsp3) is 0.143. The van der Waals surface area contributed by atoms with Gasteiger partial charge in [0.1, 0.15) is 5.75 Å². The summed E-state index contributed by atoms with van der Waals surface area (Å²) in [6.07, 6.45) is 0. The number of thiophene rings is 1. The third-order valence-corrected chi connectivity index (χ3v) is 4.17. The van der Waals surface area contributed by atoms with Gasteiger partial charge in [-0.25, -0.2) is 4.79 Å². The standard InChI is InChI=1S/C14H11BrClNO3S/c1-9(13-3-2-6-21-13)17-20-14(18)8-19-12-5-4-10(15)7-11(12)16/h2-7H,8H2,1H3. The molecule has 0 aliphatic heterocycles. The highest BCUT2D eigenvalue weighted by Gasteiger charge is 2.08. The number of carbonyl (C=O) groups excluding carboxylic acids is 1. The zero-order valence-corrected chi connectivity index (χ0v) is 14.2. The van der Waals surface area contributed by atoms with Gasteiger partial charge in [-0.1, -0.05) is 38.8 Å². The average Bonchev–Trinajstić information content (AvgIpc) is 2.98. The van der Waals surface area contributed by atoms with Crippen LogP contribution in [0.25, 0.3) is 0 Å². The summed E-state index contributed by atoms with van der Waals surface area (Å²) in [6, 6.07) is 8.92. The summed E-state index contributed by atoms with van der Waals surface area (Å²) in [5, 5.41) is 6.11. The summed E-state index contributed by atoms with van der Waals surface area (Å²) in [7, 11) is 0. The first-order chi connectivity index (χ1) is 10.1. The Morgan fingerprint density at radius 2 is 2.24 bits per heavy atom. The number of nitrogens with zero attached hydrogens (tertiary/aromatic N) is 1. The monoisotopic (exact) mass is 387 g/mol. The van der Waals surface area contributed by atoms with E-state index in [9.17, 15) is 4.79 Å². The first-order valence-electron chi connectivity index (χ1n) is 5.92. The number of ether oxygens (including phenoxy) is 1. The first-order valence-corrected chi connectivity index (χ1v) is 7.97. The molecule has 7 heteroatoms. The highest BCUT2D eigenvalue weighted by Crippen LogP contribution is 2.27. The van der Waals surface area contributed by atoms with Crippen molar-refractivity contribution in [3.05, 3.63) is 50.1 Å². The van der Waals surface area contributed by atoms with E-state index < -0.39 is 5.97 Å². The Bertz CT molecular complexity index is 658. The van der Waals surface area contributed by atoms with E-state index in [-0.39, 0.29) is 6.61 Å². The molecule has 0 saturated carbocycles. The van der Waals surface area contributed by atoms with Crippen molar-refractivity contribution in [2.75, 3.05) is 6.61 Å². The molecule has 0 aliphatic carbocycles. The SMILES string of the molecule is CC(=NOC(=O)COc1ccc(Br)cc1Cl)c1cccs1. The maximum atomic E-state index is 11.6. The van der Waals surface area contributed by atoms with Gasteiger partial charge in [0.15, 0.2) is 6.61 Å². The molecule has 1 aromatic heterocycles. The predicted octanol–water partition coefficient (Wildman–Crippen LogP) is 4.51. The number of rotatable bonds is 5. The smallest absolute Gasteiger partial charge is 0.372 e. The second-order valence-corrected chi connectivity index (χ2v) is 6.25. The molecule has 0 amide bonds. The molecule has 1 heterocycles. The highest BCUT2D eigenvalue weighted by atomic mass is 79.9. The normalized spacial score (nSPS) is 11.3. The third kappa shape index (κ3) is 4.84. The van der Waals surface area contributed by atoms with E-state index in [1.165, 1.54) is 11.3 Å². The molecule has 2 rings (SSSR count). The second kappa shape index (κ2) is 7.59. The lowest BCUT2D eigenvalue weighted by Gasteiger charge is -2.06. The van der Waals surface area contributed by atoms with E-state index in [4.69, 9.17) is 21.2 Å². The minimum Gasteiger partial charge on any atom is -0.480 e. The van der Waals surface area contributed by atoms with Gasteiger partial charge in [-0.05, 0) is 36.6 Å². The minimum atomic E-state index is -0.593. The van der Waals surface area contributed by atoms with Crippen molar-refractivity contribution in [1.82, 2.24) is 0 Å². The molecular weight excluding hydrogens is 378 g/mol. The Morgan fingerprint density at radius 3 is 2.90 bits per heavy atom. The first kappa shape index (κ1) is 16.0. The molecule has 110 valence electrons. The van der Waals surface area contributed by atoms with Crippen LogP contribution in [0.1, 0.15) is 11.8 Å². The van der Waals surface area contributed by atoms with E-state index >= 15 is 0 Å². The molecule has 0 N–H and O–H groups in total. The van der Waals surface area contributed by atoms with E-state index in [2.05, 4.69) is 21.1 Å². The van der Waals surface area contributed by atoms with Crippen molar-refractivity contribution < 1.29 is 14.4 Å². The molecule has 0 atom stereocenters. The number of hydrogen-bond acceptors (Lipinski definition) is 5. The maximum Gasteiger partial charge on any atom is 0.372 e. The van der Waals surface area contributed by atoms with Crippen molar-refractivity contribution in [2.24, 2.45) is 5.16 Å². The van der Waals surface area contributed by atoms with Gasteiger partial charge in [0, 0.05) is 4.47 Å². The van der Waals surface area contributed by atoms with Gasteiger partial charge in [-0.15, -0.1) is 11.3 Å². The van der Waals surface area contributed by atoms with Crippen molar-refractivity contribution >= 4 is 50.5 Å². The summed E-state index contributed by atoms with van der Waals surface area (Å²) < 4.78 is 6.11. The van der Waals surface area contributed by atoms with Crippen LogP contribution >= 0.6 is 38.9 Å². The Labute approximate surface area is 139 Å². The zero-order valence-electron chi connectivity index (χ0n) is 11.0. The van der Waals surface area contributed by atoms with Crippen LogP contribution in [0.5, 0.6) is 5.75 Å². The van der Waals surface area contributed by atoms with Gasteiger partial charge in [0.25, 0.3) is 0 Å². The second-order valence-electron chi connectivity index (χ2n) is 3.98. The number of benzene rings is 1. The van der Waals surface area contributed by atoms with Crippen LogP contribution in [0.15, 0.2) is 45.3 Å². The number of hydrogen-bond donors (Lipinski definition) is 0. The van der Waals surface area contributed by atoms with Crippen LogP contribution in [0.3, 0.4) is 0 Å². The van der Waals surface area contributed by atoms with Crippen LogP contribution in [-0.2, 0) is 9.63 Å². The van der Waals surface area contributed by atoms with Crippen LogP contribution in [0.2, 0.25) is 5.02 Å². The van der Waals surface area contributed by atoms with Crippen molar-refractivity contribution in [3.63, 3.8) is 0 Å². The Balaban J connectivity index is 1.86. The molecule has 0 spiro atoms. The lowest BCUT2D eigenvalue weighted by atomic mass is 10.3. The van der Waals surface area contributed by atoms with E-state index in [1.54, 1.807) is 25.1 Å². The molecule has 21 heavy (non-hydrogen) atoms. The summed E-state index contributed by atoms with van der Waals surface area (Å²) in [5.74, 6) is -0.180. The van der Waals surface area contributed by atoms with E-state index in [1.807, 2.05) is 17.5 Å². The van der Waals surface area contributed by atoms with Gasteiger partial charge in [0.05, 0.1) is 15.6 Å². The lowest BCUT2D eigenvalue weighted by molar-refractivity contribution is -0.146. The van der Waals surface area contributed by atoms with Gasteiger partial charge in [-0.2, -0.15) is 0 Å². The number of carbonyl (C=O) groups is 1. The van der Waals surface area contributed by atoms with Gasteiger partial charge in [-0.3, -0.25) is 0 Å². The Morgan fingerprint density at radius 1 is 1.43 bits per heavy atom. The quantitative estimate of drug-likeness (QED) is 0.430. The van der Waals surface area contributed by atoms with Gasteiger partial charge >= 0.3 is 5.97 Å². The van der Waals surface area contributed by atoms with Crippen LogP contribution in [0, 0.1) is 0 Å². The molecule has 0 aliphatic rings. The number of oxime groups is 1. The highest BCUT2D eigenvalue weighted by molar-refractivity contribution is 9.10. The summed E-state index contributed by atoms with van der Waals surface area (Å²) >= 11 is 10.8. The van der Waals surface area contributed by atoms with Crippen molar-refractivity contribution in [3.8, 4) is 5.75 Å². The molecule has 0 saturated heterocycles. The Kier molecular flexibility index (Phi) is 5.78. The molecule has 4 nitrogen and oxygen atoms in total. The van der Waals surface area contributed by atoms with E-state index in [0.29, 0.717) is 16.5 Å². The molecule has 0 fully saturated rings. The zero-order chi connectivity index (χ0) is 15.2. The largest absolute Gasteiger partial charge is 0.480 e. The van der Waals surface area contributed by atoms with Gasteiger partial charge in [0.2, 0.25) is 0 Å². The van der Waals surface area contributed by atoms with Crippen LogP contribution in [-0.4, -0.2) is 18.3 Å². The third-order valence-electron chi connectivity index (χ3n) is 2.40. The van der Waals surface area contributed by atoms with Crippen molar-refractivity contribution in [2.45, 2.75) is 6.92 Å². The molecule has 2 aromatic rings. The molecule has 0 bridgehead atoms. The average molecular weight is 389 g/mol. The predicted molar refractivity (Wildman–Crippen MR) is 87.3 cm³/mol. The summed E-state index contributed by atoms with van der Waals surface area (Å²) in [6.45, 7) is 1.51. The fourth-order valence-electron chi connectivity index (χ4n) is 1.40. The molecular formula is C14H11BrClNO3S. The summed E-state index contributed by atoms with van der Waals surface area (Å²) in [5.41, 5.74) is 0.639. The topological polar surface area (TPSA) is 47.9 Å². The molecule has 0 unspecified atom stereocenters. The van der Waals surface area contributed by atoms with Gasteiger partial charge < -0.3 is 9.57 Å². The van der Waals surface area contributed by atoms with Crippen molar-refractivity contribution in [1.29, 1.82) is 0 Å².